The average molecular weight is 302 g/mol. The largest absolute Gasteiger partial charge is 0.504 e. The van der Waals surface area contributed by atoms with Crippen LogP contribution in [0.5, 0.6) is 17.2 Å². The van der Waals surface area contributed by atoms with Crippen LogP contribution in [-0.4, -0.2) is 25.1 Å². The van der Waals surface area contributed by atoms with E-state index in [4.69, 9.17) is 9.47 Å². The number of methoxy groups -OCH3 is 2. The Bertz CT molecular complexity index is 723. The molecule has 0 amide bonds. The summed E-state index contributed by atoms with van der Waals surface area (Å²) < 4.78 is 23.3. The lowest BCUT2D eigenvalue weighted by molar-refractivity contribution is 0.104. The van der Waals surface area contributed by atoms with Crippen LogP contribution in [0.25, 0.3) is 6.08 Å². The predicted octanol–water partition coefficient (Wildman–Crippen LogP) is 3.44. The Labute approximate surface area is 127 Å². The van der Waals surface area contributed by atoms with E-state index in [1.807, 2.05) is 0 Å². The van der Waals surface area contributed by atoms with E-state index in [9.17, 15) is 14.3 Å². The van der Waals surface area contributed by atoms with Gasteiger partial charge in [-0.05, 0) is 42.0 Å². The molecule has 0 heterocycles. The number of allylic oxidation sites excluding steroid dienone is 1. The minimum atomic E-state index is -0.497. The van der Waals surface area contributed by atoms with Crippen LogP contribution >= 0.6 is 0 Å². The predicted molar refractivity (Wildman–Crippen MR) is 81.0 cm³/mol. The first kappa shape index (κ1) is 15.6. The maximum atomic E-state index is 13.6. The van der Waals surface area contributed by atoms with Crippen molar-refractivity contribution in [2.24, 2.45) is 0 Å². The smallest absolute Gasteiger partial charge is 0.185 e. The second kappa shape index (κ2) is 6.76. The highest BCUT2D eigenvalue weighted by Gasteiger charge is 2.07. The molecule has 114 valence electrons. The van der Waals surface area contributed by atoms with Gasteiger partial charge in [0.15, 0.2) is 28.8 Å². The first-order valence-electron chi connectivity index (χ1n) is 6.48. The molecule has 2 rings (SSSR count). The van der Waals surface area contributed by atoms with Crippen molar-refractivity contribution in [3.8, 4) is 17.2 Å². The Morgan fingerprint density at radius 1 is 1.09 bits per heavy atom. The van der Waals surface area contributed by atoms with Gasteiger partial charge in [0.05, 0.1) is 14.2 Å². The second-order valence-corrected chi connectivity index (χ2v) is 4.48. The molecular weight excluding hydrogens is 287 g/mol. The van der Waals surface area contributed by atoms with Gasteiger partial charge in [-0.2, -0.15) is 0 Å². The Morgan fingerprint density at radius 3 is 2.45 bits per heavy atom. The molecule has 2 aromatic rings. The summed E-state index contributed by atoms with van der Waals surface area (Å²) in [6.07, 6.45) is 2.83. The molecule has 0 unspecified atom stereocenters. The molecule has 22 heavy (non-hydrogen) atoms. The van der Waals surface area contributed by atoms with E-state index < -0.39 is 5.82 Å². The molecular formula is C17H15FO4. The first-order valence-corrected chi connectivity index (χ1v) is 6.48. The minimum Gasteiger partial charge on any atom is -0.504 e. The summed E-state index contributed by atoms with van der Waals surface area (Å²) >= 11 is 0. The summed E-state index contributed by atoms with van der Waals surface area (Å²) in [5, 5.41) is 9.50. The number of carbonyl (C=O) groups excluding carboxylic acids is 1. The molecule has 0 bridgehead atoms. The fraction of sp³-hybridized carbons (Fsp3) is 0.118. The minimum absolute atomic E-state index is 0.0414. The summed E-state index contributed by atoms with van der Waals surface area (Å²) in [5.74, 6) is -0.459. The van der Waals surface area contributed by atoms with Gasteiger partial charge in [-0.15, -0.1) is 0 Å². The molecule has 0 saturated carbocycles. The molecule has 4 nitrogen and oxygen atoms in total. The molecule has 0 aromatic heterocycles. The third-order valence-corrected chi connectivity index (χ3v) is 3.07. The van der Waals surface area contributed by atoms with Crippen molar-refractivity contribution in [1.29, 1.82) is 0 Å². The zero-order valence-corrected chi connectivity index (χ0v) is 12.2. The highest BCUT2D eigenvalue weighted by atomic mass is 19.1. The van der Waals surface area contributed by atoms with E-state index in [-0.39, 0.29) is 23.0 Å². The summed E-state index contributed by atoms with van der Waals surface area (Å²) in [5.41, 5.74) is 0.900. The van der Waals surface area contributed by atoms with Crippen molar-refractivity contribution in [2.45, 2.75) is 0 Å². The number of phenolic OH excluding ortho intramolecular Hbond substituents is 1. The fourth-order valence-electron chi connectivity index (χ4n) is 1.89. The third kappa shape index (κ3) is 3.44. The van der Waals surface area contributed by atoms with E-state index in [0.717, 1.165) is 0 Å². The van der Waals surface area contributed by atoms with Gasteiger partial charge < -0.3 is 14.6 Å². The van der Waals surface area contributed by atoms with E-state index in [0.29, 0.717) is 11.1 Å². The van der Waals surface area contributed by atoms with E-state index in [1.165, 1.54) is 56.7 Å². The van der Waals surface area contributed by atoms with Crippen LogP contribution in [0.15, 0.2) is 42.5 Å². The number of carbonyl (C=O) groups is 1. The van der Waals surface area contributed by atoms with Crippen molar-refractivity contribution in [3.05, 3.63) is 59.4 Å². The van der Waals surface area contributed by atoms with Crippen LogP contribution in [0.1, 0.15) is 15.9 Å². The van der Waals surface area contributed by atoms with Gasteiger partial charge >= 0.3 is 0 Å². The topological polar surface area (TPSA) is 55.8 Å². The van der Waals surface area contributed by atoms with Crippen molar-refractivity contribution >= 4 is 11.9 Å². The molecule has 0 saturated heterocycles. The van der Waals surface area contributed by atoms with Crippen LogP contribution in [0, 0.1) is 5.82 Å². The highest BCUT2D eigenvalue weighted by molar-refractivity contribution is 6.07. The Hall–Kier alpha value is -2.82. The van der Waals surface area contributed by atoms with Crippen LogP contribution in [0.3, 0.4) is 0 Å². The molecule has 0 radical (unpaired) electrons. The molecule has 0 fully saturated rings. The molecule has 1 N–H and O–H groups in total. The van der Waals surface area contributed by atoms with E-state index in [1.54, 1.807) is 6.07 Å². The lowest BCUT2D eigenvalue weighted by Gasteiger charge is -2.04. The van der Waals surface area contributed by atoms with Gasteiger partial charge in [-0.1, -0.05) is 12.1 Å². The SMILES string of the molecule is COc1cc(C(=O)/C=C/c2ccc(OC)c(F)c2)ccc1O. The number of hydrogen-bond donors (Lipinski definition) is 1. The van der Waals surface area contributed by atoms with Crippen LogP contribution in [-0.2, 0) is 0 Å². The zero-order chi connectivity index (χ0) is 16.1. The van der Waals surface area contributed by atoms with Crippen molar-refractivity contribution in [1.82, 2.24) is 0 Å². The molecule has 0 aliphatic heterocycles. The molecule has 0 spiro atoms. The van der Waals surface area contributed by atoms with Crippen molar-refractivity contribution in [2.75, 3.05) is 14.2 Å². The van der Waals surface area contributed by atoms with Crippen LogP contribution in [0.4, 0.5) is 4.39 Å². The first-order chi connectivity index (χ1) is 10.5. The lowest BCUT2D eigenvalue weighted by Crippen LogP contribution is -1.95. The number of phenols is 1. The van der Waals surface area contributed by atoms with Crippen LogP contribution < -0.4 is 9.47 Å². The summed E-state index contributed by atoms with van der Waals surface area (Å²) in [4.78, 5) is 12.1. The number of rotatable bonds is 5. The van der Waals surface area contributed by atoms with E-state index in [2.05, 4.69) is 0 Å². The van der Waals surface area contributed by atoms with Gasteiger partial charge in [0, 0.05) is 5.56 Å². The lowest BCUT2D eigenvalue weighted by atomic mass is 10.1. The van der Waals surface area contributed by atoms with Crippen molar-refractivity contribution in [3.63, 3.8) is 0 Å². The Morgan fingerprint density at radius 2 is 1.82 bits per heavy atom. The number of aromatic hydroxyl groups is 1. The second-order valence-electron chi connectivity index (χ2n) is 4.48. The quantitative estimate of drug-likeness (QED) is 0.679. The van der Waals surface area contributed by atoms with Gasteiger partial charge in [0.25, 0.3) is 0 Å². The molecule has 0 aliphatic rings. The highest BCUT2D eigenvalue weighted by Crippen LogP contribution is 2.26. The zero-order valence-electron chi connectivity index (χ0n) is 12.2. The van der Waals surface area contributed by atoms with E-state index >= 15 is 0 Å². The van der Waals surface area contributed by atoms with Gasteiger partial charge in [0.2, 0.25) is 0 Å². The summed E-state index contributed by atoms with van der Waals surface area (Å²) in [6, 6.07) is 8.72. The number of hydrogen-bond acceptors (Lipinski definition) is 4. The molecule has 0 aliphatic carbocycles. The molecule has 2 aromatic carbocycles. The van der Waals surface area contributed by atoms with Gasteiger partial charge in [-0.3, -0.25) is 4.79 Å². The number of ketones is 1. The molecule has 0 atom stereocenters. The third-order valence-electron chi connectivity index (χ3n) is 3.07. The van der Waals surface area contributed by atoms with Crippen LogP contribution in [0.2, 0.25) is 0 Å². The van der Waals surface area contributed by atoms with Crippen molar-refractivity contribution < 1.29 is 23.8 Å². The van der Waals surface area contributed by atoms with Gasteiger partial charge in [0.1, 0.15) is 0 Å². The summed E-state index contributed by atoms with van der Waals surface area (Å²) in [6.45, 7) is 0. The maximum absolute atomic E-state index is 13.6. The molecule has 5 heteroatoms. The number of benzene rings is 2. The number of ether oxygens (including phenoxy) is 2. The average Bonchev–Trinajstić information content (AvgIpc) is 2.53. The Kier molecular flexibility index (Phi) is 4.78. The monoisotopic (exact) mass is 302 g/mol. The summed E-state index contributed by atoms with van der Waals surface area (Å²) in [7, 11) is 2.79. The number of halogens is 1. The standard InChI is InChI=1S/C17H15FO4/c1-21-16-8-4-11(9-13(16)18)3-6-14(19)12-5-7-15(20)17(10-12)22-2/h3-10,20H,1-2H3/b6-3+. The Balaban J connectivity index is 2.19. The fourth-order valence-corrected chi connectivity index (χ4v) is 1.89. The normalized spacial score (nSPS) is 10.7. The van der Waals surface area contributed by atoms with Gasteiger partial charge in [-0.25, -0.2) is 4.39 Å². The maximum Gasteiger partial charge on any atom is 0.185 e.